The summed E-state index contributed by atoms with van der Waals surface area (Å²) in [4.78, 5) is 0. The van der Waals surface area contributed by atoms with Gasteiger partial charge in [0.05, 0.1) is 0 Å². The molecule has 0 aliphatic heterocycles. The number of hydrogen-bond acceptors (Lipinski definition) is 0. The van der Waals surface area contributed by atoms with Gasteiger partial charge in [0.2, 0.25) is 0 Å². The van der Waals surface area contributed by atoms with Crippen LogP contribution in [0.25, 0.3) is 28.1 Å². The molecule has 0 saturated heterocycles. The second kappa shape index (κ2) is 9.03. The van der Waals surface area contributed by atoms with Gasteiger partial charge in [0.15, 0.2) is 23.3 Å². The molecule has 0 aliphatic rings. The summed E-state index contributed by atoms with van der Waals surface area (Å²) in [5.74, 6) is -7.08. The summed E-state index contributed by atoms with van der Waals surface area (Å²) in [6, 6.07) is 11.1. The molecule has 0 aliphatic carbocycles. The van der Waals surface area contributed by atoms with Crippen LogP contribution in [0.3, 0.4) is 0 Å². The molecule has 154 valence electrons. The molecule has 0 unspecified atom stereocenters. The van der Waals surface area contributed by atoms with E-state index < -0.39 is 34.9 Å². The Balaban J connectivity index is 1.89. The first-order valence-electron chi connectivity index (χ1n) is 9.02. The largest absolute Gasteiger partial charge is 0.209 e. The average molecular weight is 418 g/mol. The molecule has 0 bridgehead atoms. The fourth-order valence-electron chi connectivity index (χ4n) is 2.94. The molecule has 0 spiro atoms. The third-order valence-electron chi connectivity index (χ3n) is 4.54. The average Bonchev–Trinajstić information content (AvgIpc) is 2.75. The summed E-state index contributed by atoms with van der Waals surface area (Å²) in [7, 11) is 0. The van der Waals surface area contributed by atoms with Crippen molar-refractivity contribution in [3.63, 3.8) is 0 Å². The van der Waals surface area contributed by atoms with Crippen molar-refractivity contribution >= 4 is 5.83 Å². The topological polar surface area (TPSA) is 0 Å². The minimum absolute atomic E-state index is 0.0506. The van der Waals surface area contributed by atoms with Crippen LogP contribution in [0.1, 0.15) is 18.4 Å². The van der Waals surface area contributed by atoms with Crippen LogP contribution >= 0.6 is 0 Å². The first-order chi connectivity index (χ1) is 14.3. The van der Waals surface area contributed by atoms with Crippen molar-refractivity contribution in [2.75, 3.05) is 0 Å². The first kappa shape index (κ1) is 21.4. The summed E-state index contributed by atoms with van der Waals surface area (Å²) < 4.78 is 82.4. The monoisotopic (exact) mass is 418 g/mol. The summed E-state index contributed by atoms with van der Waals surface area (Å²) in [5, 5.41) is 0. The van der Waals surface area contributed by atoms with Gasteiger partial charge in [-0.1, -0.05) is 42.5 Å². The quantitative estimate of drug-likeness (QED) is 0.215. The molecule has 30 heavy (non-hydrogen) atoms. The van der Waals surface area contributed by atoms with Crippen molar-refractivity contribution in [2.45, 2.75) is 12.8 Å². The van der Waals surface area contributed by atoms with Gasteiger partial charge in [-0.05, 0) is 41.3 Å². The van der Waals surface area contributed by atoms with E-state index in [9.17, 15) is 26.3 Å². The standard InChI is InChI=1S/C24H16F6/c1-2-3-4-19(25)23(29)15-7-5-14(6-8-15)16-9-10-18(20(26)11-16)17-12-21(27)24(30)22(28)13-17/h2,5-13H,1,3-4H2/b23-19+. The van der Waals surface area contributed by atoms with Gasteiger partial charge >= 0.3 is 0 Å². The van der Waals surface area contributed by atoms with Gasteiger partial charge < -0.3 is 0 Å². The molecular formula is C24H16F6. The molecule has 3 aromatic rings. The number of benzene rings is 3. The van der Waals surface area contributed by atoms with E-state index in [1.54, 1.807) is 0 Å². The molecule has 0 atom stereocenters. The van der Waals surface area contributed by atoms with Crippen molar-refractivity contribution in [3.05, 3.63) is 102 Å². The highest BCUT2D eigenvalue weighted by molar-refractivity contribution is 5.72. The molecule has 0 nitrogen and oxygen atoms in total. The van der Waals surface area contributed by atoms with Gasteiger partial charge in [-0.15, -0.1) is 6.58 Å². The summed E-state index contributed by atoms with van der Waals surface area (Å²) in [6.45, 7) is 3.46. The lowest BCUT2D eigenvalue weighted by molar-refractivity contribution is 0.447. The Kier molecular flexibility index (Phi) is 6.45. The SMILES string of the molecule is C=CCC/C(F)=C(\F)c1ccc(-c2ccc(-c3cc(F)c(F)c(F)c3)c(F)c2)cc1. The summed E-state index contributed by atoms with van der Waals surface area (Å²) in [5.41, 5.74) is 0.747. The highest BCUT2D eigenvalue weighted by Gasteiger charge is 2.15. The van der Waals surface area contributed by atoms with Crippen LogP contribution in [0.2, 0.25) is 0 Å². The number of halogens is 6. The molecule has 3 aromatic carbocycles. The van der Waals surface area contributed by atoms with Crippen molar-refractivity contribution in [1.82, 2.24) is 0 Å². The maximum atomic E-state index is 14.6. The molecule has 0 N–H and O–H groups in total. The Morgan fingerprint density at radius 3 is 1.87 bits per heavy atom. The normalized spacial score (nSPS) is 11.9. The van der Waals surface area contributed by atoms with Crippen molar-refractivity contribution in [2.24, 2.45) is 0 Å². The molecule has 0 aromatic heterocycles. The van der Waals surface area contributed by atoms with Gasteiger partial charge in [0, 0.05) is 17.5 Å². The first-order valence-corrected chi connectivity index (χ1v) is 9.02. The molecular weight excluding hydrogens is 402 g/mol. The maximum Gasteiger partial charge on any atom is 0.194 e. The van der Waals surface area contributed by atoms with Gasteiger partial charge in [0.1, 0.15) is 11.6 Å². The van der Waals surface area contributed by atoms with Crippen LogP contribution in [-0.4, -0.2) is 0 Å². The molecule has 0 amide bonds. The Bertz CT molecular complexity index is 1090. The van der Waals surface area contributed by atoms with E-state index in [1.807, 2.05) is 0 Å². The smallest absolute Gasteiger partial charge is 0.194 e. The minimum atomic E-state index is -1.63. The van der Waals surface area contributed by atoms with Crippen LogP contribution in [0.5, 0.6) is 0 Å². The second-order valence-electron chi connectivity index (χ2n) is 6.57. The van der Waals surface area contributed by atoms with Crippen LogP contribution in [0.4, 0.5) is 26.3 Å². The Morgan fingerprint density at radius 2 is 1.30 bits per heavy atom. The van der Waals surface area contributed by atoms with E-state index in [-0.39, 0.29) is 23.1 Å². The highest BCUT2D eigenvalue weighted by Crippen LogP contribution is 2.31. The maximum absolute atomic E-state index is 14.6. The lowest BCUT2D eigenvalue weighted by Crippen LogP contribution is -1.94. The number of hydrogen-bond donors (Lipinski definition) is 0. The third kappa shape index (κ3) is 4.48. The lowest BCUT2D eigenvalue weighted by atomic mass is 9.98. The van der Waals surface area contributed by atoms with Crippen LogP contribution in [0.15, 0.2) is 73.1 Å². The number of allylic oxidation sites excluding steroid dienone is 2. The fourth-order valence-corrected chi connectivity index (χ4v) is 2.94. The highest BCUT2D eigenvalue weighted by atomic mass is 19.2. The van der Waals surface area contributed by atoms with E-state index >= 15 is 0 Å². The third-order valence-corrected chi connectivity index (χ3v) is 4.54. The molecule has 0 radical (unpaired) electrons. The minimum Gasteiger partial charge on any atom is -0.209 e. The van der Waals surface area contributed by atoms with E-state index in [1.165, 1.54) is 42.5 Å². The van der Waals surface area contributed by atoms with Crippen molar-refractivity contribution in [3.8, 4) is 22.3 Å². The molecule has 6 heteroatoms. The van der Waals surface area contributed by atoms with Gasteiger partial charge in [-0.3, -0.25) is 0 Å². The van der Waals surface area contributed by atoms with Crippen molar-refractivity contribution in [1.29, 1.82) is 0 Å². The molecule has 3 rings (SSSR count). The molecule has 0 saturated carbocycles. The van der Waals surface area contributed by atoms with Gasteiger partial charge in [-0.2, -0.15) is 0 Å². The zero-order valence-corrected chi connectivity index (χ0v) is 15.7. The zero-order valence-electron chi connectivity index (χ0n) is 15.7. The summed E-state index contributed by atoms with van der Waals surface area (Å²) >= 11 is 0. The van der Waals surface area contributed by atoms with Crippen LogP contribution < -0.4 is 0 Å². The molecule has 0 fully saturated rings. The van der Waals surface area contributed by atoms with E-state index in [4.69, 9.17) is 0 Å². The Labute approximate surface area is 169 Å². The van der Waals surface area contributed by atoms with Gasteiger partial charge in [0.25, 0.3) is 0 Å². The number of rotatable bonds is 6. The Hall–Kier alpha value is -3.28. The van der Waals surface area contributed by atoms with E-state index in [2.05, 4.69) is 6.58 Å². The molecule has 0 heterocycles. The fraction of sp³-hybridized carbons (Fsp3) is 0.0833. The van der Waals surface area contributed by atoms with Gasteiger partial charge in [-0.25, -0.2) is 26.3 Å². The zero-order chi connectivity index (χ0) is 21.8. The van der Waals surface area contributed by atoms with E-state index in [0.717, 1.165) is 6.07 Å². The second-order valence-corrected chi connectivity index (χ2v) is 6.57. The predicted molar refractivity (Wildman–Crippen MR) is 106 cm³/mol. The van der Waals surface area contributed by atoms with E-state index in [0.29, 0.717) is 29.7 Å². The van der Waals surface area contributed by atoms with Crippen LogP contribution in [-0.2, 0) is 0 Å². The predicted octanol–water partition coefficient (Wildman–Crippen LogP) is 8.15. The van der Waals surface area contributed by atoms with Crippen LogP contribution in [0, 0.1) is 23.3 Å². The van der Waals surface area contributed by atoms with Crippen molar-refractivity contribution < 1.29 is 26.3 Å². The lowest BCUT2D eigenvalue weighted by Gasteiger charge is -2.09. The summed E-state index contributed by atoms with van der Waals surface area (Å²) in [6.07, 6.45) is 1.71. The Morgan fingerprint density at radius 1 is 0.733 bits per heavy atom.